The normalized spacial score (nSPS) is 10.3. The van der Waals surface area contributed by atoms with E-state index in [1.807, 2.05) is 49.1 Å². The summed E-state index contributed by atoms with van der Waals surface area (Å²) in [6.45, 7) is 4.74. The van der Waals surface area contributed by atoms with Gasteiger partial charge in [-0.2, -0.15) is 0 Å². The van der Waals surface area contributed by atoms with Crippen molar-refractivity contribution in [3.05, 3.63) is 59.4 Å². The van der Waals surface area contributed by atoms with Gasteiger partial charge < -0.3 is 10.6 Å². The van der Waals surface area contributed by atoms with Gasteiger partial charge in [0, 0.05) is 12.2 Å². The molecule has 0 amide bonds. The van der Waals surface area contributed by atoms with Gasteiger partial charge in [0.1, 0.15) is 10.8 Å². The third kappa shape index (κ3) is 2.80. The third-order valence-electron chi connectivity index (χ3n) is 3.19. The Morgan fingerprint density at radius 1 is 1.20 bits per heavy atom. The van der Waals surface area contributed by atoms with Crippen molar-refractivity contribution in [1.29, 1.82) is 0 Å². The van der Waals surface area contributed by atoms with Crippen molar-refractivity contribution >= 4 is 28.6 Å². The van der Waals surface area contributed by atoms with Crippen LogP contribution in [0.4, 0.5) is 15.8 Å². The minimum absolute atomic E-state index is 0.0728. The van der Waals surface area contributed by atoms with E-state index in [-0.39, 0.29) is 10.8 Å². The zero-order chi connectivity index (χ0) is 14.7. The Morgan fingerprint density at radius 2 is 1.85 bits per heavy atom. The van der Waals surface area contributed by atoms with E-state index < -0.39 is 0 Å². The standard InChI is InChI=1S/C16H17FN2S/c1-3-19(12-9-7-11(2)8-10-12)14-6-4-5-13(17)15(14)16(18)20/h4-10H,3H2,1-2H3,(H2,18,20). The van der Waals surface area contributed by atoms with E-state index >= 15 is 0 Å². The number of hydrogen-bond acceptors (Lipinski definition) is 2. The summed E-state index contributed by atoms with van der Waals surface area (Å²) in [6.07, 6.45) is 0. The Balaban J connectivity index is 2.55. The molecule has 0 aliphatic carbocycles. The summed E-state index contributed by atoms with van der Waals surface area (Å²) in [5, 5.41) is 0. The average Bonchev–Trinajstić information content (AvgIpc) is 2.41. The first-order valence-corrected chi connectivity index (χ1v) is 6.88. The first kappa shape index (κ1) is 14.5. The van der Waals surface area contributed by atoms with Crippen LogP contribution in [0.2, 0.25) is 0 Å². The lowest BCUT2D eigenvalue weighted by atomic mass is 10.1. The van der Waals surface area contributed by atoms with Crippen LogP contribution in [0.15, 0.2) is 42.5 Å². The summed E-state index contributed by atoms with van der Waals surface area (Å²) in [7, 11) is 0. The molecule has 2 aromatic rings. The van der Waals surface area contributed by atoms with Gasteiger partial charge in [-0.3, -0.25) is 0 Å². The predicted molar refractivity (Wildman–Crippen MR) is 86.1 cm³/mol. The van der Waals surface area contributed by atoms with Crippen LogP contribution in [0.3, 0.4) is 0 Å². The molecule has 0 saturated carbocycles. The Bertz CT molecular complexity index is 623. The second kappa shape index (κ2) is 6.01. The van der Waals surface area contributed by atoms with Gasteiger partial charge in [-0.25, -0.2) is 4.39 Å². The van der Waals surface area contributed by atoms with Crippen molar-refractivity contribution in [3.8, 4) is 0 Å². The molecular formula is C16H17FN2S. The molecule has 20 heavy (non-hydrogen) atoms. The van der Waals surface area contributed by atoms with Gasteiger partial charge in [-0.05, 0) is 38.1 Å². The van der Waals surface area contributed by atoms with Crippen molar-refractivity contribution in [2.24, 2.45) is 5.73 Å². The maximum atomic E-state index is 14.0. The molecule has 2 N–H and O–H groups in total. The maximum Gasteiger partial charge on any atom is 0.135 e. The highest BCUT2D eigenvalue weighted by atomic mass is 32.1. The van der Waals surface area contributed by atoms with E-state index in [2.05, 4.69) is 0 Å². The number of nitrogens with two attached hydrogens (primary N) is 1. The Labute approximate surface area is 124 Å². The second-order valence-corrected chi connectivity index (χ2v) is 5.02. The third-order valence-corrected chi connectivity index (χ3v) is 3.39. The van der Waals surface area contributed by atoms with Gasteiger partial charge in [0.2, 0.25) is 0 Å². The molecule has 0 saturated heterocycles. The van der Waals surface area contributed by atoms with Crippen LogP contribution in [0.1, 0.15) is 18.1 Å². The van der Waals surface area contributed by atoms with Crippen molar-refractivity contribution in [1.82, 2.24) is 0 Å². The molecule has 0 aliphatic rings. The largest absolute Gasteiger partial charge is 0.389 e. The fraction of sp³-hybridized carbons (Fsp3) is 0.188. The van der Waals surface area contributed by atoms with E-state index in [1.54, 1.807) is 6.07 Å². The zero-order valence-corrected chi connectivity index (χ0v) is 12.4. The number of thiocarbonyl (C=S) groups is 1. The molecule has 2 nitrogen and oxygen atoms in total. The van der Waals surface area contributed by atoms with Gasteiger partial charge >= 0.3 is 0 Å². The number of aryl methyl sites for hydroxylation is 1. The van der Waals surface area contributed by atoms with Crippen molar-refractivity contribution in [3.63, 3.8) is 0 Å². The molecule has 0 unspecified atom stereocenters. The molecule has 104 valence electrons. The molecule has 0 aromatic heterocycles. The molecular weight excluding hydrogens is 271 g/mol. The SMILES string of the molecule is CCN(c1ccc(C)cc1)c1cccc(F)c1C(N)=S. The van der Waals surface area contributed by atoms with Crippen LogP contribution in [0.25, 0.3) is 0 Å². The molecule has 0 spiro atoms. The molecule has 4 heteroatoms. The molecule has 0 atom stereocenters. The highest BCUT2D eigenvalue weighted by molar-refractivity contribution is 7.80. The lowest BCUT2D eigenvalue weighted by Crippen LogP contribution is -2.22. The van der Waals surface area contributed by atoms with Crippen molar-refractivity contribution < 1.29 is 4.39 Å². The van der Waals surface area contributed by atoms with E-state index in [0.717, 1.165) is 5.69 Å². The number of rotatable bonds is 4. The van der Waals surface area contributed by atoms with Gasteiger partial charge in [0.15, 0.2) is 0 Å². The molecule has 2 rings (SSSR count). The van der Waals surface area contributed by atoms with Crippen molar-refractivity contribution in [2.45, 2.75) is 13.8 Å². The number of anilines is 2. The fourth-order valence-corrected chi connectivity index (χ4v) is 2.40. The first-order chi connectivity index (χ1) is 9.54. The van der Waals surface area contributed by atoms with Crippen LogP contribution in [0.5, 0.6) is 0 Å². The monoisotopic (exact) mass is 288 g/mol. The molecule has 0 aliphatic heterocycles. The van der Waals surface area contributed by atoms with Gasteiger partial charge in [-0.1, -0.05) is 36.0 Å². The Kier molecular flexibility index (Phi) is 4.35. The van der Waals surface area contributed by atoms with Crippen LogP contribution >= 0.6 is 12.2 Å². The lowest BCUT2D eigenvalue weighted by Gasteiger charge is -2.26. The topological polar surface area (TPSA) is 29.3 Å². The minimum Gasteiger partial charge on any atom is -0.389 e. The summed E-state index contributed by atoms with van der Waals surface area (Å²) >= 11 is 4.99. The second-order valence-electron chi connectivity index (χ2n) is 4.58. The average molecular weight is 288 g/mol. The predicted octanol–water partition coefficient (Wildman–Crippen LogP) is 3.93. The molecule has 0 fully saturated rings. The Hall–Kier alpha value is -1.94. The Morgan fingerprint density at radius 3 is 2.40 bits per heavy atom. The quantitative estimate of drug-likeness (QED) is 0.864. The summed E-state index contributed by atoms with van der Waals surface area (Å²) < 4.78 is 14.0. The molecule has 0 heterocycles. The van der Waals surface area contributed by atoms with Gasteiger partial charge in [0.25, 0.3) is 0 Å². The number of benzene rings is 2. The lowest BCUT2D eigenvalue weighted by molar-refractivity contribution is 0.625. The van der Waals surface area contributed by atoms with E-state index in [0.29, 0.717) is 17.8 Å². The molecule has 2 aromatic carbocycles. The molecule has 0 radical (unpaired) electrons. The van der Waals surface area contributed by atoms with E-state index in [9.17, 15) is 4.39 Å². The summed E-state index contributed by atoms with van der Waals surface area (Å²) in [5.74, 6) is -0.388. The highest BCUT2D eigenvalue weighted by Crippen LogP contribution is 2.30. The summed E-state index contributed by atoms with van der Waals surface area (Å²) in [4.78, 5) is 2.07. The van der Waals surface area contributed by atoms with E-state index in [4.69, 9.17) is 18.0 Å². The highest BCUT2D eigenvalue weighted by Gasteiger charge is 2.16. The zero-order valence-electron chi connectivity index (χ0n) is 11.6. The maximum absolute atomic E-state index is 14.0. The van der Waals surface area contributed by atoms with Crippen LogP contribution < -0.4 is 10.6 Å². The fourth-order valence-electron chi connectivity index (χ4n) is 2.20. The van der Waals surface area contributed by atoms with Gasteiger partial charge in [0.05, 0.1) is 11.3 Å². The smallest absolute Gasteiger partial charge is 0.135 e. The minimum atomic E-state index is -0.388. The van der Waals surface area contributed by atoms with Crippen molar-refractivity contribution in [2.75, 3.05) is 11.4 Å². The van der Waals surface area contributed by atoms with Crippen LogP contribution in [-0.2, 0) is 0 Å². The first-order valence-electron chi connectivity index (χ1n) is 6.47. The van der Waals surface area contributed by atoms with Crippen LogP contribution in [-0.4, -0.2) is 11.5 Å². The van der Waals surface area contributed by atoms with Crippen LogP contribution in [0, 0.1) is 12.7 Å². The van der Waals surface area contributed by atoms with Gasteiger partial charge in [-0.15, -0.1) is 0 Å². The van der Waals surface area contributed by atoms with E-state index in [1.165, 1.54) is 11.6 Å². The summed E-state index contributed by atoms with van der Waals surface area (Å²) in [6, 6.07) is 12.9. The number of hydrogen-bond donors (Lipinski definition) is 1. The number of halogens is 1. The number of nitrogens with zero attached hydrogens (tertiary/aromatic N) is 1. The summed E-state index contributed by atoms with van der Waals surface area (Å²) in [5.41, 5.74) is 8.84. The molecule has 0 bridgehead atoms.